The Bertz CT molecular complexity index is 219. The van der Waals surface area contributed by atoms with Crippen LogP contribution in [-0.2, 0) is 29.2 Å². The van der Waals surface area contributed by atoms with E-state index in [1.807, 2.05) is 0 Å². The van der Waals surface area contributed by atoms with Crippen molar-refractivity contribution in [2.24, 2.45) is 0 Å². The molecule has 0 unspecified atom stereocenters. The van der Waals surface area contributed by atoms with Crippen molar-refractivity contribution in [3.05, 3.63) is 25.3 Å². The van der Waals surface area contributed by atoms with E-state index in [-0.39, 0.29) is 9.62 Å². The van der Waals surface area contributed by atoms with Crippen LogP contribution in [0.3, 0.4) is 0 Å². The Kier molecular flexibility index (Phi) is 4.14. The van der Waals surface area contributed by atoms with E-state index >= 15 is 0 Å². The molecule has 0 aliphatic rings. The Balaban J connectivity index is 5.35. The first kappa shape index (κ1) is 12.2. The van der Waals surface area contributed by atoms with E-state index in [1.165, 1.54) is 12.2 Å². The molecule has 0 saturated heterocycles. The van der Waals surface area contributed by atoms with E-state index in [0.29, 0.717) is 14.0 Å². The maximum atomic E-state index is 10.9. The molecule has 0 radical (unpaired) electrons. The van der Waals surface area contributed by atoms with Gasteiger partial charge >= 0.3 is 78.1 Å². The van der Waals surface area contributed by atoms with E-state index in [9.17, 15) is 14.4 Å². The molecule has 0 aliphatic heterocycles. The average molecular weight is 265 g/mol. The molecular weight excluding hydrogens is 252 g/mol. The molecule has 0 aliphatic carbocycles. The van der Waals surface area contributed by atoms with Crippen LogP contribution in [0.25, 0.3) is 0 Å². The topological polar surface area (TPSA) is 51.2 Å². The number of carbonyl (C=O) groups excluding carboxylic acids is 3. The fourth-order valence-electron chi connectivity index (χ4n) is 0.947. The predicted octanol–water partition coefficient (Wildman–Crippen LogP) is 1.46. The maximum absolute atomic E-state index is 10.9. The van der Waals surface area contributed by atoms with Gasteiger partial charge in [0, 0.05) is 0 Å². The van der Waals surface area contributed by atoms with Crippen LogP contribution in [0.15, 0.2) is 25.3 Å². The summed E-state index contributed by atoms with van der Waals surface area (Å²) in [5.41, 5.74) is 0. The summed E-state index contributed by atoms with van der Waals surface area (Å²) in [6, 6.07) is 0. The summed E-state index contributed by atoms with van der Waals surface area (Å²) >= 11 is -4.25. The Morgan fingerprint density at radius 3 is 1.31 bits per heavy atom. The van der Waals surface area contributed by atoms with Gasteiger partial charge in [0.25, 0.3) is 0 Å². The molecule has 0 saturated carbocycles. The standard InChI is InChI=1S/2C3H5.3CHO.Mo/c2*1-3-2;3*1-2;/h2*3H,1-2H2;3*1H;. The molecular formula is C9H13MoO3. The fraction of sp³-hybridized carbons (Fsp3) is 0.222. The number of hydrogen-bond acceptors (Lipinski definition) is 3. The van der Waals surface area contributed by atoms with Crippen LogP contribution >= 0.6 is 0 Å². The van der Waals surface area contributed by atoms with Gasteiger partial charge < -0.3 is 0 Å². The van der Waals surface area contributed by atoms with Crippen molar-refractivity contribution in [2.75, 3.05) is 0 Å². The van der Waals surface area contributed by atoms with Crippen LogP contribution < -0.4 is 0 Å². The zero-order chi connectivity index (χ0) is 10.4. The molecule has 0 N–H and O–H groups in total. The summed E-state index contributed by atoms with van der Waals surface area (Å²) in [4.78, 5) is 33.1. The second-order valence-electron chi connectivity index (χ2n) is 2.81. The normalized spacial score (nSPS) is 13.4. The van der Waals surface area contributed by atoms with Gasteiger partial charge in [-0.25, -0.2) is 0 Å². The first-order valence-electron chi connectivity index (χ1n) is 3.62. The third-order valence-corrected chi connectivity index (χ3v) is 10.6. The minimum atomic E-state index is -4.25. The molecule has 0 aromatic heterocycles. The quantitative estimate of drug-likeness (QED) is 0.398. The van der Waals surface area contributed by atoms with Crippen LogP contribution in [0.1, 0.15) is 0 Å². The van der Waals surface area contributed by atoms with Gasteiger partial charge in [-0.05, 0) is 0 Å². The number of allylic oxidation sites excluding steroid dienone is 2. The Hall–Kier alpha value is -0.822. The molecule has 0 atom stereocenters. The van der Waals surface area contributed by atoms with Gasteiger partial charge in [0.1, 0.15) is 0 Å². The van der Waals surface area contributed by atoms with Crippen molar-refractivity contribution >= 4 is 14.0 Å². The third-order valence-electron chi connectivity index (χ3n) is 1.79. The van der Waals surface area contributed by atoms with Crippen molar-refractivity contribution in [1.29, 1.82) is 0 Å². The van der Waals surface area contributed by atoms with Gasteiger partial charge in [-0.1, -0.05) is 0 Å². The van der Waals surface area contributed by atoms with Crippen LogP contribution in [-0.4, -0.2) is 14.0 Å². The fourth-order valence-corrected chi connectivity index (χ4v) is 5.60. The molecule has 0 fully saturated rings. The average Bonchev–Trinajstić information content (AvgIpc) is 2.18. The molecule has 0 spiro atoms. The van der Waals surface area contributed by atoms with Gasteiger partial charge in [-0.15, -0.1) is 0 Å². The second kappa shape index (κ2) is 4.42. The Morgan fingerprint density at radius 1 is 0.846 bits per heavy atom. The van der Waals surface area contributed by atoms with Crippen LogP contribution in [0.2, 0.25) is 9.62 Å². The van der Waals surface area contributed by atoms with Gasteiger partial charge in [-0.3, -0.25) is 0 Å². The van der Waals surface area contributed by atoms with Gasteiger partial charge in [-0.2, -0.15) is 0 Å². The third kappa shape index (κ3) is 2.10. The molecule has 4 heteroatoms. The van der Waals surface area contributed by atoms with Crippen LogP contribution in [0, 0.1) is 0 Å². The van der Waals surface area contributed by atoms with E-state index in [0.717, 1.165) is 0 Å². The molecule has 13 heavy (non-hydrogen) atoms. The SMILES string of the molecule is C=C[CH2][Mo]([CH]=O)([CH]=O)([CH]=O)[CH2]C=C. The molecule has 0 heterocycles. The van der Waals surface area contributed by atoms with E-state index < -0.39 is 14.8 Å². The van der Waals surface area contributed by atoms with Gasteiger partial charge in [0.2, 0.25) is 0 Å². The van der Waals surface area contributed by atoms with E-state index in [4.69, 9.17) is 0 Å². The second-order valence-corrected chi connectivity index (χ2v) is 13.8. The molecule has 0 amide bonds. The summed E-state index contributed by atoms with van der Waals surface area (Å²) in [6.07, 6.45) is 2.91. The summed E-state index contributed by atoms with van der Waals surface area (Å²) in [6.45, 7) is 6.91. The van der Waals surface area contributed by atoms with Crippen LogP contribution in [0.4, 0.5) is 0 Å². The molecule has 0 bridgehead atoms. The van der Waals surface area contributed by atoms with E-state index in [2.05, 4.69) is 13.2 Å². The molecule has 0 aromatic rings. The number of carbonyl (C=O) groups is 3. The van der Waals surface area contributed by atoms with Crippen molar-refractivity contribution in [1.82, 2.24) is 0 Å². The zero-order valence-electron chi connectivity index (χ0n) is 7.35. The predicted molar refractivity (Wildman–Crippen MR) is 50.3 cm³/mol. The van der Waals surface area contributed by atoms with Gasteiger partial charge in [0.05, 0.1) is 0 Å². The molecule has 0 rings (SSSR count). The molecule has 73 valence electrons. The monoisotopic (exact) mass is 267 g/mol. The zero-order valence-corrected chi connectivity index (χ0v) is 9.36. The molecule has 3 nitrogen and oxygen atoms in total. The summed E-state index contributed by atoms with van der Waals surface area (Å²) in [7, 11) is 0. The Morgan fingerprint density at radius 2 is 1.15 bits per heavy atom. The van der Waals surface area contributed by atoms with Crippen molar-refractivity contribution < 1.29 is 29.2 Å². The van der Waals surface area contributed by atoms with E-state index in [1.54, 1.807) is 0 Å². The van der Waals surface area contributed by atoms with Crippen molar-refractivity contribution in [2.45, 2.75) is 9.62 Å². The van der Waals surface area contributed by atoms with Crippen LogP contribution in [0.5, 0.6) is 0 Å². The minimum absolute atomic E-state index is 0.196. The summed E-state index contributed by atoms with van der Waals surface area (Å²) in [5, 5.41) is 0. The molecule has 0 aromatic carbocycles. The van der Waals surface area contributed by atoms with Crippen molar-refractivity contribution in [3.63, 3.8) is 0 Å². The summed E-state index contributed by atoms with van der Waals surface area (Å²) < 4.78 is 1.67. The first-order valence-corrected chi connectivity index (χ1v) is 9.94. The number of rotatable bonds is 7. The first-order chi connectivity index (χ1) is 6.12. The van der Waals surface area contributed by atoms with Gasteiger partial charge in [0.15, 0.2) is 0 Å². The summed E-state index contributed by atoms with van der Waals surface area (Å²) in [5.74, 6) is 0. The Labute approximate surface area is 78.4 Å². The number of hydrogen-bond donors (Lipinski definition) is 0. The van der Waals surface area contributed by atoms with Crippen molar-refractivity contribution in [3.8, 4) is 0 Å².